The normalized spacial score (nSPS) is 28.4. The molecule has 2 N–H and O–H groups in total. The lowest BCUT2D eigenvalue weighted by atomic mass is 9.84. The molecule has 112 valence electrons. The highest BCUT2D eigenvalue weighted by atomic mass is 16.5. The monoisotopic (exact) mass is 273 g/mol. The van der Waals surface area contributed by atoms with Crippen LogP contribution in [0.2, 0.25) is 0 Å². The quantitative estimate of drug-likeness (QED) is 0.746. The van der Waals surface area contributed by atoms with Crippen LogP contribution in [-0.2, 0) is 14.2 Å². The fourth-order valence-electron chi connectivity index (χ4n) is 3.17. The number of aliphatic hydroxyl groups is 1. The van der Waals surface area contributed by atoms with E-state index in [0.29, 0.717) is 12.6 Å². The fraction of sp³-hybridized carbons (Fsp3) is 1.00. The van der Waals surface area contributed by atoms with Crippen LogP contribution in [0.25, 0.3) is 0 Å². The Bertz CT molecular complexity index is 244. The maximum atomic E-state index is 9.10. The molecule has 2 rings (SSSR count). The van der Waals surface area contributed by atoms with E-state index in [-0.39, 0.29) is 18.2 Å². The van der Waals surface area contributed by atoms with Gasteiger partial charge in [-0.2, -0.15) is 0 Å². The number of aliphatic hydroxyl groups excluding tert-OH is 1. The average Bonchev–Trinajstić information content (AvgIpc) is 2.40. The summed E-state index contributed by atoms with van der Waals surface area (Å²) in [5.41, 5.74) is 0.0189. The number of hydrogen-bond donors (Lipinski definition) is 2. The Morgan fingerprint density at radius 1 is 1.37 bits per heavy atom. The molecule has 2 fully saturated rings. The van der Waals surface area contributed by atoms with Gasteiger partial charge in [-0.3, -0.25) is 0 Å². The SMILES string of the molecule is COCC(CCO)NC1CCOC2(CCOCC2)C1. The van der Waals surface area contributed by atoms with Gasteiger partial charge in [-0.05, 0) is 32.1 Å². The van der Waals surface area contributed by atoms with Gasteiger partial charge in [-0.1, -0.05) is 0 Å². The van der Waals surface area contributed by atoms with Crippen molar-refractivity contribution in [3.05, 3.63) is 0 Å². The standard InChI is InChI=1S/C14H27NO4/c1-17-11-13(2-6-16)15-12-3-7-19-14(10-12)4-8-18-9-5-14/h12-13,15-16H,2-11H2,1H3. The molecule has 2 heterocycles. The minimum atomic E-state index is 0.0189. The molecule has 5 heteroatoms. The minimum Gasteiger partial charge on any atom is -0.396 e. The second kappa shape index (κ2) is 7.55. The second-order valence-electron chi connectivity index (χ2n) is 5.66. The number of hydrogen-bond acceptors (Lipinski definition) is 5. The topological polar surface area (TPSA) is 60.0 Å². The molecule has 2 aliphatic heterocycles. The molecule has 0 radical (unpaired) electrons. The zero-order valence-electron chi connectivity index (χ0n) is 11.9. The molecular weight excluding hydrogens is 246 g/mol. The summed E-state index contributed by atoms with van der Waals surface area (Å²) in [5.74, 6) is 0. The van der Waals surface area contributed by atoms with Crippen LogP contribution in [0.4, 0.5) is 0 Å². The van der Waals surface area contributed by atoms with Gasteiger partial charge in [-0.15, -0.1) is 0 Å². The van der Waals surface area contributed by atoms with E-state index in [1.165, 1.54) is 0 Å². The van der Waals surface area contributed by atoms with E-state index in [2.05, 4.69) is 5.32 Å². The molecule has 0 aromatic carbocycles. The van der Waals surface area contributed by atoms with Crippen molar-refractivity contribution in [1.82, 2.24) is 5.32 Å². The summed E-state index contributed by atoms with van der Waals surface area (Å²) in [6, 6.07) is 0.688. The fourth-order valence-corrected chi connectivity index (χ4v) is 3.17. The van der Waals surface area contributed by atoms with Crippen molar-refractivity contribution in [2.24, 2.45) is 0 Å². The van der Waals surface area contributed by atoms with Crippen LogP contribution >= 0.6 is 0 Å². The van der Waals surface area contributed by atoms with Gasteiger partial charge in [0.05, 0.1) is 12.2 Å². The molecule has 2 saturated heterocycles. The highest BCUT2D eigenvalue weighted by Crippen LogP contribution is 2.34. The maximum absolute atomic E-state index is 9.10. The summed E-state index contributed by atoms with van der Waals surface area (Å²) in [6.45, 7) is 3.28. The highest BCUT2D eigenvalue weighted by Gasteiger charge is 2.39. The van der Waals surface area contributed by atoms with E-state index in [1.54, 1.807) is 7.11 Å². The molecular formula is C14H27NO4. The molecule has 0 saturated carbocycles. The minimum absolute atomic E-state index is 0.0189. The maximum Gasteiger partial charge on any atom is 0.0741 e. The largest absolute Gasteiger partial charge is 0.396 e. The predicted molar refractivity (Wildman–Crippen MR) is 72.3 cm³/mol. The van der Waals surface area contributed by atoms with Crippen molar-refractivity contribution < 1.29 is 19.3 Å². The van der Waals surface area contributed by atoms with Gasteiger partial charge in [0.1, 0.15) is 0 Å². The van der Waals surface area contributed by atoms with Gasteiger partial charge >= 0.3 is 0 Å². The van der Waals surface area contributed by atoms with Gasteiger partial charge in [0, 0.05) is 45.6 Å². The molecule has 2 aliphatic rings. The van der Waals surface area contributed by atoms with Crippen molar-refractivity contribution in [1.29, 1.82) is 0 Å². The molecule has 2 atom stereocenters. The Balaban J connectivity index is 1.85. The van der Waals surface area contributed by atoms with Crippen molar-refractivity contribution >= 4 is 0 Å². The first kappa shape index (κ1) is 15.2. The van der Waals surface area contributed by atoms with Gasteiger partial charge in [0.25, 0.3) is 0 Å². The Kier molecular flexibility index (Phi) is 6.04. The summed E-state index contributed by atoms with van der Waals surface area (Å²) in [5, 5.41) is 12.7. The molecule has 0 aromatic rings. The summed E-state index contributed by atoms with van der Waals surface area (Å²) < 4.78 is 16.7. The third-order valence-electron chi connectivity index (χ3n) is 4.21. The Hall–Kier alpha value is -0.200. The molecule has 1 spiro atoms. The van der Waals surface area contributed by atoms with Gasteiger partial charge in [-0.25, -0.2) is 0 Å². The molecule has 19 heavy (non-hydrogen) atoms. The summed E-state index contributed by atoms with van der Waals surface area (Å²) in [6.07, 6.45) is 4.82. The molecule has 2 unspecified atom stereocenters. The Labute approximate surface area is 115 Å². The lowest BCUT2D eigenvalue weighted by Crippen LogP contribution is -2.52. The molecule has 5 nitrogen and oxygen atoms in total. The van der Waals surface area contributed by atoms with Crippen LogP contribution in [0, 0.1) is 0 Å². The summed E-state index contributed by atoms with van der Waals surface area (Å²) >= 11 is 0. The zero-order valence-corrected chi connectivity index (χ0v) is 11.9. The van der Waals surface area contributed by atoms with Gasteiger partial charge in [0.15, 0.2) is 0 Å². The smallest absolute Gasteiger partial charge is 0.0741 e. The van der Waals surface area contributed by atoms with Gasteiger partial charge in [0.2, 0.25) is 0 Å². The lowest BCUT2D eigenvalue weighted by Gasteiger charge is -2.44. The number of methoxy groups -OCH3 is 1. The third kappa shape index (κ3) is 4.39. The van der Waals surface area contributed by atoms with Crippen molar-refractivity contribution in [2.45, 2.75) is 49.8 Å². The predicted octanol–water partition coefficient (Wildman–Crippen LogP) is 0.702. The van der Waals surface area contributed by atoms with Crippen LogP contribution in [-0.4, -0.2) is 62.9 Å². The van der Waals surface area contributed by atoms with Crippen LogP contribution < -0.4 is 5.32 Å². The van der Waals surface area contributed by atoms with Crippen LogP contribution in [0.5, 0.6) is 0 Å². The van der Waals surface area contributed by atoms with Crippen molar-refractivity contribution in [3.63, 3.8) is 0 Å². The van der Waals surface area contributed by atoms with E-state index in [0.717, 1.165) is 51.9 Å². The number of ether oxygens (including phenoxy) is 3. The van der Waals surface area contributed by atoms with Crippen LogP contribution in [0.15, 0.2) is 0 Å². The first-order valence-corrected chi connectivity index (χ1v) is 7.35. The molecule has 0 aromatic heterocycles. The lowest BCUT2D eigenvalue weighted by molar-refractivity contribution is -0.141. The van der Waals surface area contributed by atoms with E-state index in [1.807, 2.05) is 0 Å². The van der Waals surface area contributed by atoms with Gasteiger partial charge < -0.3 is 24.6 Å². The van der Waals surface area contributed by atoms with Crippen molar-refractivity contribution in [2.75, 3.05) is 40.1 Å². The van der Waals surface area contributed by atoms with Crippen LogP contribution in [0.3, 0.4) is 0 Å². The summed E-state index contributed by atoms with van der Waals surface area (Å²) in [4.78, 5) is 0. The first-order valence-electron chi connectivity index (χ1n) is 7.35. The van der Waals surface area contributed by atoms with Crippen LogP contribution in [0.1, 0.15) is 32.1 Å². The number of nitrogens with one attached hydrogen (secondary N) is 1. The van der Waals surface area contributed by atoms with E-state index in [9.17, 15) is 0 Å². The third-order valence-corrected chi connectivity index (χ3v) is 4.21. The van der Waals surface area contributed by atoms with E-state index in [4.69, 9.17) is 19.3 Å². The zero-order chi connectivity index (χ0) is 13.6. The molecule has 0 aliphatic carbocycles. The Morgan fingerprint density at radius 3 is 2.84 bits per heavy atom. The van der Waals surface area contributed by atoms with E-state index < -0.39 is 0 Å². The highest BCUT2D eigenvalue weighted by molar-refractivity contribution is 4.92. The second-order valence-corrected chi connectivity index (χ2v) is 5.66. The number of rotatable bonds is 6. The molecule has 0 amide bonds. The van der Waals surface area contributed by atoms with E-state index >= 15 is 0 Å². The molecule has 0 bridgehead atoms. The van der Waals surface area contributed by atoms with Crippen molar-refractivity contribution in [3.8, 4) is 0 Å². The average molecular weight is 273 g/mol. The Morgan fingerprint density at radius 2 is 2.16 bits per heavy atom. The summed E-state index contributed by atoms with van der Waals surface area (Å²) in [7, 11) is 1.70. The first-order chi connectivity index (χ1) is 9.28.